The van der Waals surface area contributed by atoms with Gasteiger partial charge in [-0.3, -0.25) is 9.59 Å². The molecule has 6 heteroatoms. The lowest BCUT2D eigenvalue weighted by Crippen LogP contribution is -2.43. The van der Waals surface area contributed by atoms with Crippen LogP contribution in [-0.4, -0.2) is 31.1 Å². The van der Waals surface area contributed by atoms with Crippen molar-refractivity contribution in [3.05, 3.63) is 59.4 Å². The van der Waals surface area contributed by atoms with Crippen molar-refractivity contribution in [3.8, 4) is 5.75 Å². The smallest absolute Gasteiger partial charge is 0.311 e. The normalized spacial score (nSPS) is 16.6. The lowest BCUT2D eigenvalue weighted by molar-refractivity contribution is -0.153. The minimum Gasteiger partial charge on any atom is -0.494 e. The highest BCUT2D eigenvalue weighted by molar-refractivity contribution is 5.99. The molecule has 0 aliphatic carbocycles. The van der Waals surface area contributed by atoms with E-state index in [4.69, 9.17) is 9.47 Å². The Labute approximate surface area is 157 Å². The summed E-state index contributed by atoms with van der Waals surface area (Å²) in [5.41, 5.74) is 2.42. The lowest BCUT2D eigenvalue weighted by Gasteiger charge is -2.26. The molecular formula is C21H22FNO4. The third-order valence-electron chi connectivity index (χ3n) is 4.67. The van der Waals surface area contributed by atoms with Crippen LogP contribution in [0.25, 0.3) is 0 Å². The molecule has 2 aromatic rings. The molecule has 5 nitrogen and oxygen atoms in total. The predicted molar refractivity (Wildman–Crippen MR) is 99.3 cm³/mol. The van der Waals surface area contributed by atoms with E-state index in [9.17, 15) is 14.0 Å². The van der Waals surface area contributed by atoms with Gasteiger partial charge in [-0.2, -0.15) is 0 Å². The Balaban J connectivity index is 1.64. The number of esters is 1. The van der Waals surface area contributed by atoms with Gasteiger partial charge in [0.05, 0.1) is 13.5 Å². The average Bonchev–Trinajstić information content (AvgIpc) is 2.96. The Hall–Kier alpha value is -2.89. The Morgan fingerprint density at radius 1 is 1.26 bits per heavy atom. The van der Waals surface area contributed by atoms with Crippen LogP contribution in [0.3, 0.4) is 0 Å². The van der Waals surface area contributed by atoms with Gasteiger partial charge in [0, 0.05) is 11.7 Å². The molecule has 0 radical (unpaired) electrons. The highest BCUT2D eigenvalue weighted by Gasteiger charge is 2.34. The summed E-state index contributed by atoms with van der Waals surface area (Å²) < 4.78 is 23.9. The molecule has 1 heterocycles. The molecule has 1 amide bonds. The van der Waals surface area contributed by atoms with Crippen molar-refractivity contribution in [1.82, 2.24) is 0 Å². The number of halogens is 1. The van der Waals surface area contributed by atoms with E-state index in [-0.39, 0.29) is 24.1 Å². The number of para-hydroxylation sites is 1. The van der Waals surface area contributed by atoms with Crippen molar-refractivity contribution in [3.63, 3.8) is 0 Å². The summed E-state index contributed by atoms with van der Waals surface area (Å²) in [5.74, 6) is -1.28. The molecule has 3 rings (SSSR count). The molecule has 0 spiro atoms. The number of hydrogen-bond acceptors (Lipinski definition) is 4. The number of anilines is 1. The van der Waals surface area contributed by atoms with Crippen molar-refractivity contribution in [2.75, 3.05) is 12.0 Å². The third-order valence-corrected chi connectivity index (χ3v) is 4.67. The zero-order valence-corrected chi connectivity index (χ0v) is 15.6. The van der Waals surface area contributed by atoms with Gasteiger partial charge in [0.2, 0.25) is 0 Å². The van der Waals surface area contributed by atoms with Crippen LogP contribution in [0.4, 0.5) is 10.1 Å². The molecule has 0 saturated carbocycles. The molecule has 2 aromatic carbocycles. The molecule has 0 aromatic heterocycles. The van der Waals surface area contributed by atoms with E-state index in [1.165, 1.54) is 19.2 Å². The van der Waals surface area contributed by atoms with E-state index >= 15 is 0 Å². The van der Waals surface area contributed by atoms with Gasteiger partial charge in [-0.15, -0.1) is 0 Å². The second kappa shape index (κ2) is 7.78. The molecule has 1 aliphatic rings. The Morgan fingerprint density at radius 3 is 2.70 bits per heavy atom. The number of amides is 1. The summed E-state index contributed by atoms with van der Waals surface area (Å²) in [5, 5.41) is 0. The first-order valence-electron chi connectivity index (χ1n) is 8.83. The van der Waals surface area contributed by atoms with E-state index in [1.54, 1.807) is 17.9 Å². The van der Waals surface area contributed by atoms with Gasteiger partial charge in [-0.25, -0.2) is 4.39 Å². The molecule has 0 fully saturated rings. The van der Waals surface area contributed by atoms with Crippen LogP contribution < -0.4 is 9.64 Å². The standard InChI is InChI=1S/C21H22FNO4/c1-13-10-16-6-4-5-7-18(16)23(13)21(25)14(2)27-20(24)12-15-8-9-19(26-3)17(22)11-15/h4-9,11,13-14H,10,12H2,1-3H3/t13-,14-/m1/s1. The third kappa shape index (κ3) is 3.94. The number of carbonyl (C=O) groups is 2. The number of hydrogen-bond donors (Lipinski definition) is 0. The summed E-state index contributed by atoms with van der Waals surface area (Å²) in [6.07, 6.45) is -0.271. The fraction of sp³-hybridized carbons (Fsp3) is 0.333. The molecule has 142 valence electrons. The number of rotatable bonds is 5. The summed E-state index contributed by atoms with van der Waals surface area (Å²) in [6, 6.07) is 12.0. The molecule has 2 atom stereocenters. The van der Waals surface area contributed by atoms with Crippen molar-refractivity contribution in [1.29, 1.82) is 0 Å². The second-order valence-corrected chi connectivity index (χ2v) is 6.67. The minimum atomic E-state index is -0.922. The van der Waals surface area contributed by atoms with Gasteiger partial charge < -0.3 is 14.4 Å². The molecule has 0 saturated heterocycles. The molecule has 27 heavy (non-hydrogen) atoms. The van der Waals surface area contributed by atoms with Gasteiger partial charge in [-0.05, 0) is 49.6 Å². The van der Waals surface area contributed by atoms with Gasteiger partial charge in [0.1, 0.15) is 0 Å². The first kappa shape index (κ1) is 18.9. The average molecular weight is 371 g/mol. The molecule has 1 aliphatic heterocycles. The van der Waals surface area contributed by atoms with Crippen LogP contribution in [0.15, 0.2) is 42.5 Å². The Bertz CT molecular complexity index is 867. The zero-order chi connectivity index (χ0) is 19.6. The van der Waals surface area contributed by atoms with E-state index in [0.717, 1.165) is 17.7 Å². The van der Waals surface area contributed by atoms with Crippen LogP contribution >= 0.6 is 0 Å². The maximum absolute atomic E-state index is 13.7. The summed E-state index contributed by atoms with van der Waals surface area (Å²) in [4.78, 5) is 26.7. The van der Waals surface area contributed by atoms with E-state index in [2.05, 4.69) is 0 Å². The van der Waals surface area contributed by atoms with Crippen molar-refractivity contribution in [2.24, 2.45) is 0 Å². The quantitative estimate of drug-likeness (QED) is 0.757. The van der Waals surface area contributed by atoms with Gasteiger partial charge in [-0.1, -0.05) is 24.3 Å². The maximum atomic E-state index is 13.7. The van der Waals surface area contributed by atoms with Crippen LogP contribution in [0.5, 0.6) is 5.75 Å². The zero-order valence-electron chi connectivity index (χ0n) is 15.6. The molecule has 0 N–H and O–H groups in total. The monoisotopic (exact) mass is 371 g/mol. The van der Waals surface area contributed by atoms with Crippen LogP contribution in [-0.2, 0) is 27.2 Å². The van der Waals surface area contributed by atoms with Gasteiger partial charge in [0.15, 0.2) is 17.7 Å². The number of methoxy groups -OCH3 is 1. The van der Waals surface area contributed by atoms with Crippen molar-refractivity contribution in [2.45, 2.75) is 38.8 Å². The summed E-state index contributed by atoms with van der Waals surface area (Å²) in [7, 11) is 1.37. The van der Waals surface area contributed by atoms with Crippen LogP contribution in [0.1, 0.15) is 25.0 Å². The predicted octanol–water partition coefficient (Wildman–Crippen LogP) is 3.29. The summed E-state index contributed by atoms with van der Waals surface area (Å²) in [6.45, 7) is 3.52. The Morgan fingerprint density at radius 2 is 2.00 bits per heavy atom. The Kier molecular flexibility index (Phi) is 5.44. The summed E-state index contributed by atoms with van der Waals surface area (Å²) >= 11 is 0. The number of fused-ring (bicyclic) bond motifs is 1. The molecule has 0 bridgehead atoms. The van der Waals surface area contributed by atoms with E-state index < -0.39 is 17.9 Å². The highest BCUT2D eigenvalue weighted by atomic mass is 19.1. The van der Waals surface area contributed by atoms with Crippen molar-refractivity contribution >= 4 is 17.6 Å². The van der Waals surface area contributed by atoms with E-state index in [1.807, 2.05) is 31.2 Å². The second-order valence-electron chi connectivity index (χ2n) is 6.67. The van der Waals surface area contributed by atoms with Crippen LogP contribution in [0, 0.1) is 5.82 Å². The number of nitrogens with zero attached hydrogens (tertiary/aromatic N) is 1. The maximum Gasteiger partial charge on any atom is 0.311 e. The fourth-order valence-electron chi connectivity index (χ4n) is 3.37. The lowest BCUT2D eigenvalue weighted by atomic mass is 10.1. The fourth-order valence-corrected chi connectivity index (χ4v) is 3.37. The van der Waals surface area contributed by atoms with Crippen molar-refractivity contribution < 1.29 is 23.5 Å². The highest BCUT2D eigenvalue weighted by Crippen LogP contribution is 2.32. The molecule has 0 unspecified atom stereocenters. The number of benzene rings is 2. The largest absolute Gasteiger partial charge is 0.494 e. The molecular weight excluding hydrogens is 349 g/mol. The number of carbonyl (C=O) groups excluding carboxylic acids is 2. The van der Waals surface area contributed by atoms with Crippen LogP contribution in [0.2, 0.25) is 0 Å². The first-order valence-corrected chi connectivity index (χ1v) is 8.83. The SMILES string of the molecule is COc1ccc(CC(=O)O[C@H](C)C(=O)N2c3ccccc3C[C@H]2C)cc1F. The van der Waals surface area contributed by atoms with Gasteiger partial charge in [0.25, 0.3) is 5.91 Å². The number of ether oxygens (including phenoxy) is 2. The first-order chi connectivity index (χ1) is 12.9. The minimum absolute atomic E-state index is 0.00624. The van der Waals surface area contributed by atoms with E-state index in [0.29, 0.717) is 5.56 Å². The topological polar surface area (TPSA) is 55.8 Å². The van der Waals surface area contributed by atoms with Gasteiger partial charge >= 0.3 is 5.97 Å².